The zero-order chi connectivity index (χ0) is 9.59. The van der Waals surface area contributed by atoms with Crippen LogP contribution < -0.4 is 5.76 Å². The molecule has 0 fully saturated rings. The van der Waals surface area contributed by atoms with Crippen molar-refractivity contribution < 1.29 is 4.42 Å². The summed E-state index contributed by atoms with van der Waals surface area (Å²) in [6.07, 6.45) is 0. The Kier molecular flexibility index (Phi) is 1.86. The van der Waals surface area contributed by atoms with E-state index < -0.39 is 5.76 Å². The normalized spacial score (nSPS) is 11.0. The van der Waals surface area contributed by atoms with Gasteiger partial charge in [-0.2, -0.15) is 0 Å². The number of hydrogen-bond donors (Lipinski definition) is 0. The summed E-state index contributed by atoms with van der Waals surface area (Å²) in [6, 6.07) is 3.32. The molecular formula is C8H5Cl2NO2. The molecule has 0 bridgehead atoms. The van der Waals surface area contributed by atoms with E-state index in [0.717, 1.165) is 0 Å². The van der Waals surface area contributed by atoms with Crippen LogP contribution in [-0.4, -0.2) is 4.57 Å². The van der Waals surface area contributed by atoms with Gasteiger partial charge in [0.15, 0.2) is 5.58 Å². The monoisotopic (exact) mass is 217 g/mol. The van der Waals surface area contributed by atoms with Gasteiger partial charge in [-0.1, -0.05) is 23.2 Å². The third kappa shape index (κ3) is 1.16. The summed E-state index contributed by atoms with van der Waals surface area (Å²) in [7, 11) is 1.61. The van der Waals surface area contributed by atoms with Crippen molar-refractivity contribution in [2.24, 2.45) is 7.05 Å². The Balaban J connectivity index is 3.03. The number of benzene rings is 1. The Morgan fingerprint density at radius 3 is 2.77 bits per heavy atom. The van der Waals surface area contributed by atoms with Crippen LogP contribution in [0.1, 0.15) is 0 Å². The zero-order valence-corrected chi connectivity index (χ0v) is 8.19. The summed E-state index contributed by atoms with van der Waals surface area (Å²) >= 11 is 11.6. The van der Waals surface area contributed by atoms with Crippen molar-refractivity contribution >= 4 is 34.3 Å². The third-order valence-corrected chi connectivity index (χ3v) is 2.64. The second kappa shape index (κ2) is 2.79. The van der Waals surface area contributed by atoms with E-state index in [1.165, 1.54) is 4.57 Å². The zero-order valence-electron chi connectivity index (χ0n) is 6.67. The van der Waals surface area contributed by atoms with Crippen LogP contribution >= 0.6 is 23.2 Å². The molecule has 2 rings (SSSR count). The number of fused-ring (bicyclic) bond motifs is 1. The van der Waals surface area contributed by atoms with E-state index in [9.17, 15) is 4.79 Å². The van der Waals surface area contributed by atoms with Gasteiger partial charge in [-0.25, -0.2) is 4.79 Å². The molecule has 0 atom stereocenters. The number of oxazole rings is 1. The van der Waals surface area contributed by atoms with E-state index in [1.807, 2.05) is 0 Å². The second-order valence-electron chi connectivity index (χ2n) is 2.64. The molecule has 13 heavy (non-hydrogen) atoms. The highest BCUT2D eigenvalue weighted by Gasteiger charge is 2.11. The highest BCUT2D eigenvalue weighted by molar-refractivity contribution is 6.44. The van der Waals surface area contributed by atoms with E-state index >= 15 is 0 Å². The predicted molar refractivity (Wildman–Crippen MR) is 51.5 cm³/mol. The molecule has 0 amide bonds. The second-order valence-corrected chi connectivity index (χ2v) is 3.42. The highest BCUT2D eigenvalue weighted by atomic mass is 35.5. The van der Waals surface area contributed by atoms with Gasteiger partial charge in [0.2, 0.25) is 0 Å². The third-order valence-electron chi connectivity index (χ3n) is 1.85. The molecule has 0 spiro atoms. The molecule has 0 unspecified atom stereocenters. The molecule has 1 aromatic carbocycles. The summed E-state index contributed by atoms with van der Waals surface area (Å²) in [5.74, 6) is -0.445. The molecule has 0 aliphatic rings. The van der Waals surface area contributed by atoms with E-state index in [2.05, 4.69) is 0 Å². The average Bonchev–Trinajstić information content (AvgIpc) is 2.38. The van der Waals surface area contributed by atoms with Crippen LogP contribution in [0, 0.1) is 0 Å². The Morgan fingerprint density at radius 2 is 2.08 bits per heavy atom. The van der Waals surface area contributed by atoms with Crippen LogP contribution in [0.4, 0.5) is 0 Å². The van der Waals surface area contributed by atoms with Crippen molar-refractivity contribution in [3.8, 4) is 0 Å². The number of aromatic nitrogens is 1. The van der Waals surface area contributed by atoms with Crippen LogP contribution in [0.25, 0.3) is 11.1 Å². The topological polar surface area (TPSA) is 35.1 Å². The molecule has 0 saturated carbocycles. The summed E-state index contributed by atoms with van der Waals surface area (Å²) in [6.45, 7) is 0. The number of rotatable bonds is 0. The molecule has 1 heterocycles. The fraction of sp³-hybridized carbons (Fsp3) is 0.125. The molecule has 0 saturated heterocycles. The van der Waals surface area contributed by atoms with Crippen LogP contribution in [-0.2, 0) is 7.05 Å². The number of halogens is 2. The smallest absolute Gasteiger partial charge is 0.406 e. The summed E-state index contributed by atoms with van der Waals surface area (Å²) < 4.78 is 6.27. The minimum atomic E-state index is -0.445. The molecule has 0 aliphatic heterocycles. The maximum Gasteiger partial charge on any atom is 0.419 e. The molecule has 1 aromatic heterocycles. The lowest BCUT2D eigenvalue weighted by molar-refractivity contribution is 0.528. The lowest BCUT2D eigenvalue weighted by Crippen LogP contribution is -2.08. The largest absolute Gasteiger partial charge is 0.419 e. The van der Waals surface area contributed by atoms with Crippen molar-refractivity contribution in [2.45, 2.75) is 0 Å². The molecule has 5 heteroatoms. The van der Waals surface area contributed by atoms with Crippen molar-refractivity contribution in [1.29, 1.82) is 0 Å². The molecule has 0 aliphatic carbocycles. The maximum absolute atomic E-state index is 11.1. The van der Waals surface area contributed by atoms with Crippen molar-refractivity contribution in [3.05, 3.63) is 32.7 Å². The van der Waals surface area contributed by atoms with Gasteiger partial charge in [-0.05, 0) is 12.1 Å². The predicted octanol–water partition coefficient (Wildman–Crippen LogP) is 2.44. The first kappa shape index (κ1) is 8.66. The first-order valence-corrected chi connectivity index (χ1v) is 4.30. The lowest BCUT2D eigenvalue weighted by Gasteiger charge is -1.95. The fourth-order valence-electron chi connectivity index (χ4n) is 1.14. The quantitative estimate of drug-likeness (QED) is 0.680. The molecular weight excluding hydrogens is 213 g/mol. The Bertz CT molecular complexity index is 527. The minimum Gasteiger partial charge on any atom is -0.406 e. The van der Waals surface area contributed by atoms with Crippen LogP contribution in [0.15, 0.2) is 21.3 Å². The molecule has 0 radical (unpaired) electrons. The molecule has 2 aromatic rings. The highest BCUT2D eigenvalue weighted by Crippen LogP contribution is 2.29. The lowest BCUT2D eigenvalue weighted by atomic mass is 10.3. The van der Waals surface area contributed by atoms with Gasteiger partial charge in [0, 0.05) is 7.05 Å². The average molecular weight is 218 g/mol. The Morgan fingerprint density at radius 1 is 1.38 bits per heavy atom. The van der Waals surface area contributed by atoms with Gasteiger partial charge in [-0.3, -0.25) is 4.57 Å². The Labute approximate surface area is 83.5 Å². The van der Waals surface area contributed by atoms with E-state index in [0.29, 0.717) is 16.1 Å². The molecule has 68 valence electrons. The summed E-state index contributed by atoms with van der Waals surface area (Å²) in [5, 5.41) is 0.653. The SMILES string of the molecule is Cn1c(=O)oc2c(Cl)c(Cl)ccc21. The number of aryl methyl sites for hydroxylation is 1. The Hall–Kier alpha value is -0.930. The van der Waals surface area contributed by atoms with Crippen molar-refractivity contribution in [2.75, 3.05) is 0 Å². The number of hydrogen-bond acceptors (Lipinski definition) is 2. The minimum absolute atomic E-state index is 0.275. The first-order chi connectivity index (χ1) is 6.11. The maximum atomic E-state index is 11.1. The van der Waals surface area contributed by atoms with Crippen LogP contribution in [0.3, 0.4) is 0 Å². The van der Waals surface area contributed by atoms with Crippen LogP contribution in [0.2, 0.25) is 10.0 Å². The van der Waals surface area contributed by atoms with E-state index in [1.54, 1.807) is 19.2 Å². The van der Waals surface area contributed by atoms with Gasteiger partial charge in [0.25, 0.3) is 0 Å². The van der Waals surface area contributed by atoms with Gasteiger partial charge < -0.3 is 4.42 Å². The van der Waals surface area contributed by atoms with Gasteiger partial charge in [-0.15, -0.1) is 0 Å². The van der Waals surface area contributed by atoms with Crippen molar-refractivity contribution in [1.82, 2.24) is 4.57 Å². The summed E-state index contributed by atoms with van der Waals surface area (Å²) in [5.41, 5.74) is 0.973. The van der Waals surface area contributed by atoms with E-state index in [-0.39, 0.29) is 5.02 Å². The first-order valence-electron chi connectivity index (χ1n) is 3.55. The van der Waals surface area contributed by atoms with E-state index in [4.69, 9.17) is 27.6 Å². The van der Waals surface area contributed by atoms with Crippen LogP contribution in [0.5, 0.6) is 0 Å². The van der Waals surface area contributed by atoms with Gasteiger partial charge >= 0.3 is 5.76 Å². The molecule has 3 nitrogen and oxygen atoms in total. The molecule has 0 N–H and O–H groups in total. The standard InChI is InChI=1S/C8H5Cl2NO2/c1-11-5-3-2-4(9)6(10)7(5)13-8(11)12/h2-3H,1H3. The number of nitrogens with zero attached hydrogens (tertiary/aromatic N) is 1. The fourth-order valence-corrected chi connectivity index (χ4v) is 1.48. The van der Waals surface area contributed by atoms with Gasteiger partial charge in [0.1, 0.15) is 5.02 Å². The summed E-state index contributed by atoms with van der Waals surface area (Å²) in [4.78, 5) is 11.1. The van der Waals surface area contributed by atoms with Crippen molar-refractivity contribution in [3.63, 3.8) is 0 Å². The van der Waals surface area contributed by atoms with Gasteiger partial charge in [0.05, 0.1) is 10.5 Å².